The van der Waals surface area contributed by atoms with Crippen molar-refractivity contribution in [2.24, 2.45) is 0 Å². The molecule has 0 atom stereocenters. The summed E-state index contributed by atoms with van der Waals surface area (Å²) in [4.78, 5) is 18.3. The predicted molar refractivity (Wildman–Crippen MR) is 88.3 cm³/mol. The maximum absolute atomic E-state index is 12.2. The highest BCUT2D eigenvalue weighted by Gasteiger charge is 2.22. The van der Waals surface area contributed by atoms with E-state index in [-0.39, 0.29) is 18.9 Å². The normalized spacial score (nSPS) is 17.5. The largest absolute Gasteiger partial charge is 0.340 e. The van der Waals surface area contributed by atoms with Gasteiger partial charge in [-0.15, -0.1) is 0 Å². The number of piperazine rings is 1. The Morgan fingerprint density at radius 3 is 2.09 bits per heavy atom. The zero-order valence-corrected chi connectivity index (χ0v) is 15.1. The Morgan fingerprint density at radius 2 is 1.64 bits per heavy atom. The molecular formula is C14H30N4O3S. The van der Waals surface area contributed by atoms with Crippen LogP contribution in [0, 0.1) is 0 Å². The van der Waals surface area contributed by atoms with Crippen molar-refractivity contribution >= 4 is 15.9 Å². The lowest BCUT2D eigenvalue weighted by molar-refractivity contribution is -0.133. The minimum absolute atomic E-state index is 0.0502. The van der Waals surface area contributed by atoms with Crippen LogP contribution in [0.5, 0.6) is 0 Å². The zero-order chi connectivity index (χ0) is 16.8. The molecule has 0 bridgehead atoms. The van der Waals surface area contributed by atoms with Crippen LogP contribution in [0.4, 0.5) is 0 Å². The molecule has 0 saturated carbocycles. The SMILES string of the molecule is CCN1CCN(C(=O)CCN(CCN(C)C)S(C)(=O)=O)CC1. The molecule has 1 aliphatic heterocycles. The van der Waals surface area contributed by atoms with Crippen LogP contribution in [0.15, 0.2) is 0 Å². The van der Waals surface area contributed by atoms with Crippen LogP contribution in [0.1, 0.15) is 13.3 Å². The van der Waals surface area contributed by atoms with E-state index in [2.05, 4.69) is 11.8 Å². The van der Waals surface area contributed by atoms with Crippen molar-refractivity contribution in [2.75, 3.05) is 72.7 Å². The molecule has 8 heteroatoms. The molecule has 0 aromatic carbocycles. The van der Waals surface area contributed by atoms with Crippen molar-refractivity contribution in [1.29, 1.82) is 0 Å². The zero-order valence-electron chi connectivity index (χ0n) is 14.3. The summed E-state index contributed by atoms with van der Waals surface area (Å²) >= 11 is 0. The quantitative estimate of drug-likeness (QED) is 0.591. The maximum Gasteiger partial charge on any atom is 0.223 e. The smallest absolute Gasteiger partial charge is 0.223 e. The molecule has 1 aliphatic rings. The topological polar surface area (TPSA) is 64.2 Å². The minimum atomic E-state index is -3.27. The number of carbonyl (C=O) groups is 1. The fourth-order valence-electron chi connectivity index (χ4n) is 2.45. The second-order valence-electron chi connectivity index (χ2n) is 6.03. The van der Waals surface area contributed by atoms with E-state index in [4.69, 9.17) is 0 Å². The molecule has 0 aromatic rings. The van der Waals surface area contributed by atoms with Crippen LogP contribution in [0.2, 0.25) is 0 Å². The number of amides is 1. The van der Waals surface area contributed by atoms with E-state index < -0.39 is 10.0 Å². The lowest BCUT2D eigenvalue weighted by Gasteiger charge is -2.34. The van der Waals surface area contributed by atoms with E-state index in [1.807, 2.05) is 23.9 Å². The monoisotopic (exact) mass is 334 g/mol. The van der Waals surface area contributed by atoms with E-state index in [0.717, 1.165) is 32.7 Å². The number of carbonyl (C=O) groups excluding carboxylic acids is 1. The van der Waals surface area contributed by atoms with Crippen LogP contribution in [0.3, 0.4) is 0 Å². The first-order valence-electron chi connectivity index (χ1n) is 7.84. The molecule has 1 fully saturated rings. The highest BCUT2D eigenvalue weighted by molar-refractivity contribution is 7.88. The van der Waals surface area contributed by atoms with Crippen molar-refractivity contribution in [3.05, 3.63) is 0 Å². The predicted octanol–water partition coefficient (Wildman–Crippen LogP) is -0.636. The first kappa shape index (κ1) is 19.3. The van der Waals surface area contributed by atoms with Gasteiger partial charge in [0, 0.05) is 52.2 Å². The number of hydrogen-bond acceptors (Lipinski definition) is 5. The van der Waals surface area contributed by atoms with Gasteiger partial charge in [-0.1, -0.05) is 6.92 Å². The third-order valence-corrected chi connectivity index (χ3v) is 5.32. The molecule has 130 valence electrons. The molecule has 1 heterocycles. The van der Waals surface area contributed by atoms with Crippen molar-refractivity contribution in [2.45, 2.75) is 13.3 Å². The molecule has 0 unspecified atom stereocenters. The van der Waals surface area contributed by atoms with Gasteiger partial charge in [0.1, 0.15) is 0 Å². The second-order valence-corrected chi connectivity index (χ2v) is 8.01. The minimum Gasteiger partial charge on any atom is -0.340 e. The van der Waals surface area contributed by atoms with Gasteiger partial charge >= 0.3 is 0 Å². The number of nitrogens with zero attached hydrogens (tertiary/aromatic N) is 4. The van der Waals surface area contributed by atoms with Crippen molar-refractivity contribution in [1.82, 2.24) is 19.0 Å². The lowest BCUT2D eigenvalue weighted by atomic mass is 10.2. The van der Waals surface area contributed by atoms with E-state index in [0.29, 0.717) is 13.1 Å². The average Bonchev–Trinajstić information content (AvgIpc) is 2.45. The Hall–Kier alpha value is -0.700. The standard InChI is InChI=1S/C14H30N4O3S/c1-5-16-9-11-17(12-10-16)14(19)6-7-18(22(4,20)21)13-8-15(2)3/h5-13H2,1-4H3. The van der Waals surface area contributed by atoms with Gasteiger partial charge in [-0.25, -0.2) is 12.7 Å². The molecular weight excluding hydrogens is 304 g/mol. The van der Waals surface area contributed by atoms with Crippen molar-refractivity contribution in [3.8, 4) is 0 Å². The van der Waals surface area contributed by atoms with Gasteiger partial charge in [0.15, 0.2) is 0 Å². The molecule has 22 heavy (non-hydrogen) atoms. The lowest BCUT2D eigenvalue weighted by Crippen LogP contribution is -2.49. The summed E-state index contributed by atoms with van der Waals surface area (Å²) in [6.07, 6.45) is 1.46. The van der Waals surface area contributed by atoms with Crippen molar-refractivity contribution in [3.63, 3.8) is 0 Å². The van der Waals surface area contributed by atoms with Crippen LogP contribution in [0.25, 0.3) is 0 Å². The van der Waals surface area contributed by atoms with Crippen LogP contribution >= 0.6 is 0 Å². The van der Waals surface area contributed by atoms with Gasteiger partial charge < -0.3 is 14.7 Å². The Labute approximate surface area is 134 Å². The number of sulfonamides is 1. The third-order valence-electron chi connectivity index (χ3n) is 4.01. The summed E-state index contributed by atoms with van der Waals surface area (Å²) in [5.41, 5.74) is 0. The number of hydrogen-bond donors (Lipinski definition) is 0. The molecule has 0 aromatic heterocycles. The molecule has 0 spiro atoms. The fraction of sp³-hybridized carbons (Fsp3) is 0.929. The molecule has 1 amide bonds. The van der Waals surface area contributed by atoms with Crippen LogP contribution in [-0.4, -0.2) is 106 Å². The maximum atomic E-state index is 12.2. The summed E-state index contributed by atoms with van der Waals surface area (Å²) in [6, 6.07) is 0. The van der Waals surface area contributed by atoms with Gasteiger partial charge in [0.05, 0.1) is 6.26 Å². The van der Waals surface area contributed by atoms with Crippen LogP contribution in [-0.2, 0) is 14.8 Å². The van der Waals surface area contributed by atoms with E-state index >= 15 is 0 Å². The van der Waals surface area contributed by atoms with Gasteiger partial charge in [0.2, 0.25) is 15.9 Å². The Balaban J connectivity index is 2.45. The molecule has 7 nitrogen and oxygen atoms in total. The van der Waals surface area contributed by atoms with Gasteiger partial charge in [-0.3, -0.25) is 4.79 Å². The van der Waals surface area contributed by atoms with E-state index in [1.54, 1.807) is 0 Å². The highest BCUT2D eigenvalue weighted by atomic mass is 32.2. The highest BCUT2D eigenvalue weighted by Crippen LogP contribution is 2.06. The molecule has 0 aliphatic carbocycles. The molecule has 0 radical (unpaired) electrons. The first-order chi connectivity index (χ1) is 10.2. The van der Waals surface area contributed by atoms with Gasteiger partial charge in [-0.05, 0) is 20.6 Å². The summed E-state index contributed by atoms with van der Waals surface area (Å²) in [5, 5.41) is 0. The summed E-state index contributed by atoms with van der Waals surface area (Å²) in [6.45, 7) is 7.74. The van der Waals surface area contributed by atoms with Crippen LogP contribution < -0.4 is 0 Å². The number of likely N-dealkylation sites (N-methyl/N-ethyl adjacent to an activating group) is 2. The number of rotatable bonds is 8. The molecule has 0 N–H and O–H groups in total. The van der Waals surface area contributed by atoms with Crippen molar-refractivity contribution < 1.29 is 13.2 Å². The first-order valence-corrected chi connectivity index (χ1v) is 9.69. The Bertz CT molecular complexity index is 445. The summed E-state index contributed by atoms with van der Waals surface area (Å²) < 4.78 is 25.0. The fourth-order valence-corrected chi connectivity index (χ4v) is 3.28. The summed E-state index contributed by atoms with van der Waals surface area (Å²) in [7, 11) is 0.531. The summed E-state index contributed by atoms with van der Waals surface area (Å²) in [5.74, 6) is 0.0502. The van der Waals surface area contributed by atoms with E-state index in [1.165, 1.54) is 10.6 Å². The molecule has 1 saturated heterocycles. The Morgan fingerprint density at radius 1 is 1.05 bits per heavy atom. The van der Waals surface area contributed by atoms with Gasteiger partial charge in [0.25, 0.3) is 0 Å². The van der Waals surface area contributed by atoms with Gasteiger partial charge in [-0.2, -0.15) is 0 Å². The average molecular weight is 334 g/mol. The third kappa shape index (κ3) is 6.60. The second kappa shape index (κ2) is 8.81. The Kier molecular flexibility index (Phi) is 7.75. The molecule has 1 rings (SSSR count). The van der Waals surface area contributed by atoms with E-state index in [9.17, 15) is 13.2 Å².